The van der Waals surface area contributed by atoms with Gasteiger partial charge in [-0.3, -0.25) is 19.3 Å². The van der Waals surface area contributed by atoms with Gasteiger partial charge in [0.1, 0.15) is 11.3 Å². The van der Waals surface area contributed by atoms with Crippen molar-refractivity contribution < 1.29 is 9.72 Å². The third-order valence-corrected chi connectivity index (χ3v) is 3.70. The van der Waals surface area contributed by atoms with Crippen LogP contribution in [0.4, 0.5) is 11.4 Å². The van der Waals surface area contributed by atoms with Crippen LogP contribution in [0.15, 0.2) is 42.6 Å². The molecule has 122 valence electrons. The van der Waals surface area contributed by atoms with Gasteiger partial charge in [0.05, 0.1) is 10.6 Å². The number of aromatic nitrogens is 2. The van der Waals surface area contributed by atoms with Crippen LogP contribution in [0.5, 0.6) is 0 Å². The van der Waals surface area contributed by atoms with Crippen LogP contribution in [0, 0.1) is 17.0 Å². The van der Waals surface area contributed by atoms with Crippen molar-refractivity contribution in [2.24, 2.45) is 0 Å². The molecule has 7 nitrogen and oxygen atoms in total. The summed E-state index contributed by atoms with van der Waals surface area (Å²) in [6.45, 7) is 3.87. The average Bonchev–Trinajstić information content (AvgIpc) is 2.92. The van der Waals surface area contributed by atoms with Crippen molar-refractivity contribution >= 4 is 22.9 Å². The number of carbonyl (C=O) groups excluding carboxylic acids is 1. The molecule has 7 heteroatoms. The number of nitrogens with zero attached hydrogens (tertiary/aromatic N) is 3. The van der Waals surface area contributed by atoms with E-state index in [1.165, 1.54) is 18.2 Å². The predicted octanol–water partition coefficient (Wildman–Crippen LogP) is 3.37. The summed E-state index contributed by atoms with van der Waals surface area (Å²) in [6, 6.07) is 9.66. The number of hydrogen-bond donors (Lipinski definition) is 1. The Morgan fingerprint density at radius 3 is 2.83 bits per heavy atom. The highest BCUT2D eigenvalue weighted by molar-refractivity contribution is 6.04. The number of fused-ring (bicyclic) bond motifs is 1. The average molecular weight is 324 g/mol. The van der Waals surface area contributed by atoms with Crippen LogP contribution in [0.3, 0.4) is 0 Å². The second-order valence-electron chi connectivity index (χ2n) is 5.46. The first-order valence-corrected chi connectivity index (χ1v) is 7.53. The number of aryl methyl sites for hydroxylation is 2. The van der Waals surface area contributed by atoms with Crippen LogP contribution in [-0.2, 0) is 6.42 Å². The zero-order valence-electron chi connectivity index (χ0n) is 13.3. The van der Waals surface area contributed by atoms with Crippen molar-refractivity contribution in [3.8, 4) is 0 Å². The van der Waals surface area contributed by atoms with Gasteiger partial charge in [-0.15, -0.1) is 0 Å². The maximum Gasteiger partial charge on any atom is 0.274 e. The zero-order valence-corrected chi connectivity index (χ0v) is 13.3. The van der Waals surface area contributed by atoms with E-state index in [0.29, 0.717) is 29.1 Å². The molecule has 0 fully saturated rings. The summed E-state index contributed by atoms with van der Waals surface area (Å²) in [5.74, 6) is -0.342. The Kier molecular flexibility index (Phi) is 3.99. The first-order chi connectivity index (χ1) is 11.5. The van der Waals surface area contributed by atoms with Gasteiger partial charge in [-0.1, -0.05) is 19.1 Å². The summed E-state index contributed by atoms with van der Waals surface area (Å²) in [5.41, 5.74) is 3.14. The second-order valence-corrected chi connectivity index (χ2v) is 5.46. The number of amides is 1. The molecule has 24 heavy (non-hydrogen) atoms. The van der Waals surface area contributed by atoms with E-state index in [1.54, 1.807) is 10.5 Å². The number of nitrogens with one attached hydrogen (secondary N) is 1. The van der Waals surface area contributed by atoms with Gasteiger partial charge in [-0.25, -0.2) is 4.98 Å². The fourth-order valence-electron chi connectivity index (χ4n) is 2.57. The summed E-state index contributed by atoms with van der Waals surface area (Å²) >= 11 is 0. The summed E-state index contributed by atoms with van der Waals surface area (Å²) < 4.78 is 1.75. The van der Waals surface area contributed by atoms with Gasteiger partial charge in [-0.2, -0.15) is 0 Å². The maximum atomic E-state index is 12.7. The van der Waals surface area contributed by atoms with Crippen LogP contribution in [0.25, 0.3) is 5.65 Å². The van der Waals surface area contributed by atoms with Gasteiger partial charge in [0, 0.05) is 24.0 Å². The molecule has 1 amide bonds. The van der Waals surface area contributed by atoms with Crippen molar-refractivity contribution in [3.63, 3.8) is 0 Å². The second kappa shape index (κ2) is 6.11. The molecule has 0 atom stereocenters. The molecule has 3 rings (SSSR count). The molecule has 0 saturated heterocycles. The molecule has 1 N–H and O–H groups in total. The van der Waals surface area contributed by atoms with Crippen LogP contribution >= 0.6 is 0 Å². The van der Waals surface area contributed by atoms with Gasteiger partial charge in [0.15, 0.2) is 0 Å². The van der Waals surface area contributed by atoms with E-state index in [2.05, 4.69) is 10.3 Å². The minimum atomic E-state index is -0.495. The number of benzene rings is 1. The quantitative estimate of drug-likeness (QED) is 0.588. The van der Waals surface area contributed by atoms with E-state index in [9.17, 15) is 14.9 Å². The number of anilines is 1. The van der Waals surface area contributed by atoms with Crippen LogP contribution in [-0.4, -0.2) is 20.2 Å². The number of carbonyl (C=O) groups is 1. The van der Waals surface area contributed by atoms with Gasteiger partial charge in [-0.05, 0) is 31.0 Å². The number of nitro benzene ring substituents is 1. The maximum absolute atomic E-state index is 12.7. The Morgan fingerprint density at radius 1 is 1.33 bits per heavy atom. The highest BCUT2D eigenvalue weighted by Gasteiger charge is 2.19. The molecule has 0 spiro atoms. The van der Waals surface area contributed by atoms with Gasteiger partial charge >= 0.3 is 0 Å². The largest absolute Gasteiger partial charge is 0.320 e. The van der Waals surface area contributed by atoms with E-state index < -0.39 is 4.92 Å². The highest BCUT2D eigenvalue weighted by atomic mass is 16.6. The molecular formula is C17H16N4O3. The van der Waals surface area contributed by atoms with Crippen molar-refractivity contribution in [3.05, 3.63) is 69.7 Å². The van der Waals surface area contributed by atoms with Gasteiger partial charge in [0.2, 0.25) is 0 Å². The monoisotopic (exact) mass is 324 g/mol. The van der Waals surface area contributed by atoms with Crippen LogP contribution in [0.2, 0.25) is 0 Å². The van der Waals surface area contributed by atoms with Gasteiger partial charge in [0.25, 0.3) is 11.6 Å². The molecule has 0 bridgehead atoms. The number of imidazole rings is 1. The number of non-ortho nitro benzene ring substituents is 1. The minimum Gasteiger partial charge on any atom is -0.320 e. The standard InChI is InChI=1S/C17H16N4O3/c1-3-14-16(20-10-11(2)7-8-15(20)19-14)17(22)18-12-5-4-6-13(9-12)21(23)24/h4-10H,3H2,1-2H3,(H,18,22). The molecule has 1 aromatic carbocycles. The Morgan fingerprint density at radius 2 is 2.12 bits per heavy atom. The zero-order chi connectivity index (χ0) is 17.3. The van der Waals surface area contributed by atoms with Crippen LogP contribution in [0.1, 0.15) is 28.7 Å². The lowest BCUT2D eigenvalue weighted by molar-refractivity contribution is -0.384. The Balaban J connectivity index is 2.01. The lowest BCUT2D eigenvalue weighted by Crippen LogP contribution is -2.16. The normalized spacial score (nSPS) is 10.8. The molecule has 2 heterocycles. The Bertz CT molecular complexity index is 946. The summed E-state index contributed by atoms with van der Waals surface area (Å²) in [6.07, 6.45) is 2.46. The predicted molar refractivity (Wildman–Crippen MR) is 90.4 cm³/mol. The van der Waals surface area contributed by atoms with E-state index in [1.807, 2.05) is 32.2 Å². The first kappa shape index (κ1) is 15.7. The number of hydrogen-bond acceptors (Lipinski definition) is 4. The molecule has 0 aliphatic heterocycles. The summed E-state index contributed by atoms with van der Waals surface area (Å²) in [7, 11) is 0. The molecule has 0 radical (unpaired) electrons. The van der Waals surface area contributed by atoms with Gasteiger partial charge < -0.3 is 5.32 Å². The lowest BCUT2D eigenvalue weighted by Gasteiger charge is -2.07. The Labute approximate surface area is 138 Å². The third kappa shape index (κ3) is 2.83. The number of pyridine rings is 1. The fourth-order valence-corrected chi connectivity index (χ4v) is 2.57. The third-order valence-electron chi connectivity index (χ3n) is 3.70. The van der Waals surface area contributed by atoms with Crippen molar-refractivity contribution in [1.82, 2.24) is 9.38 Å². The number of rotatable bonds is 4. The molecule has 3 aromatic rings. The minimum absolute atomic E-state index is 0.0718. The van der Waals surface area contributed by atoms with E-state index in [-0.39, 0.29) is 11.6 Å². The molecular weight excluding hydrogens is 308 g/mol. The van der Waals surface area contributed by atoms with Crippen molar-refractivity contribution in [2.45, 2.75) is 20.3 Å². The number of nitro groups is 1. The Hall–Kier alpha value is -3.22. The van der Waals surface area contributed by atoms with Crippen molar-refractivity contribution in [1.29, 1.82) is 0 Å². The molecule has 2 aromatic heterocycles. The molecule has 0 saturated carbocycles. The summed E-state index contributed by atoms with van der Waals surface area (Å²) in [5, 5.41) is 13.6. The lowest BCUT2D eigenvalue weighted by atomic mass is 10.2. The van der Waals surface area contributed by atoms with Crippen molar-refractivity contribution in [2.75, 3.05) is 5.32 Å². The molecule has 0 aliphatic rings. The molecule has 0 unspecified atom stereocenters. The topological polar surface area (TPSA) is 89.5 Å². The van der Waals surface area contributed by atoms with Crippen LogP contribution < -0.4 is 5.32 Å². The summed E-state index contributed by atoms with van der Waals surface area (Å²) in [4.78, 5) is 27.6. The first-order valence-electron chi connectivity index (χ1n) is 7.53. The fraction of sp³-hybridized carbons (Fsp3) is 0.176. The molecule has 0 aliphatic carbocycles. The highest BCUT2D eigenvalue weighted by Crippen LogP contribution is 2.20. The smallest absolute Gasteiger partial charge is 0.274 e. The van der Waals surface area contributed by atoms with E-state index in [4.69, 9.17) is 0 Å². The SMILES string of the molecule is CCc1nc2ccc(C)cn2c1C(=O)Nc1cccc([N+](=O)[O-])c1. The van der Waals surface area contributed by atoms with E-state index in [0.717, 1.165) is 5.56 Å². The van der Waals surface area contributed by atoms with E-state index >= 15 is 0 Å².